The number of aromatic nitrogens is 2. The van der Waals surface area contributed by atoms with E-state index in [-0.39, 0.29) is 11.9 Å². The standard InChI is InChI=1S/C16H20N4O3S/c1-24(22,23)18-14-4-2-10-19(12-14)16(21)13-5-7-15(8-6-13)20-11-3-9-17-20/h3,5-9,11,14,18H,2,4,10,12H2,1H3/t14-/m1/s1. The summed E-state index contributed by atoms with van der Waals surface area (Å²) in [6.07, 6.45) is 6.20. The summed E-state index contributed by atoms with van der Waals surface area (Å²) in [4.78, 5) is 14.3. The number of carbonyl (C=O) groups excluding carboxylic acids is 1. The predicted octanol–water partition coefficient (Wildman–Crippen LogP) is 1.03. The number of nitrogens with zero attached hydrogens (tertiary/aromatic N) is 3. The molecular weight excluding hydrogens is 328 g/mol. The molecule has 1 aliphatic heterocycles. The predicted molar refractivity (Wildman–Crippen MR) is 90.5 cm³/mol. The summed E-state index contributed by atoms with van der Waals surface area (Å²) >= 11 is 0. The number of rotatable bonds is 4. The summed E-state index contributed by atoms with van der Waals surface area (Å²) in [5, 5.41) is 4.15. The fraction of sp³-hybridized carbons (Fsp3) is 0.375. The van der Waals surface area contributed by atoms with Crippen LogP contribution in [0.1, 0.15) is 23.2 Å². The van der Waals surface area contributed by atoms with Crippen molar-refractivity contribution >= 4 is 15.9 Å². The van der Waals surface area contributed by atoms with E-state index in [1.54, 1.807) is 27.9 Å². The van der Waals surface area contributed by atoms with Gasteiger partial charge in [0.1, 0.15) is 0 Å². The molecule has 7 nitrogen and oxygen atoms in total. The lowest BCUT2D eigenvalue weighted by Crippen LogP contribution is -2.49. The average Bonchev–Trinajstić information content (AvgIpc) is 3.07. The van der Waals surface area contributed by atoms with Crippen molar-refractivity contribution in [2.45, 2.75) is 18.9 Å². The first kappa shape index (κ1) is 16.7. The van der Waals surface area contributed by atoms with Gasteiger partial charge in [-0.25, -0.2) is 17.8 Å². The molecule has 2 aromatic rings. The van der Waals surface area contributed by atoms with Gasteiger partial charge >= 0.3 is 0 Å². The van der Waals surface area contributed by atoms with E-state index in [9.17, 15) is 13.2 Å². The molecule has 128 valence electrons. The van der Waals surface area contributed by atoms with Crippen molar-refractivity contribution in [2.24, 2.45) is 0 Å². The van der Waals surface area contributed by atoms with Crippen LogP contribution < -0.4 is 4.72 Å². The van der Waals surface area contributed by atoms with Crippen LogP contribution in [0, 0.1) is 0 Å². The number of piperidine rings is 1. The van der Waals surface area contributed by atoms with Crippen LogP contribution in [0.25, 0.3) is 5.69 Å². The van der Waals surface area contributed by atoms with E-state index in [0.29, 0.717) is 18.7 Å². The molecule has 24 heavy (non-hydrogen) atoms. The Hall–Kier alpha value is -2.19. The molecule has 0 bridgehead atoms. The molecule has 1 aromatic heterocycles. The SMILES string of the molecule is CS(=O)(=O)N[C@@H]1CCCN(C(=O)c2ccc(-n3cccn3)cc2)C1. The Morgan fingerprint density at radius 3 is 2.67 bits per heavy atom. The van der Waals surface area contributed by atoms with Gasteiger partial charge in [0.25, 0.3) is 5.91 Å². The number of hydrogen-bond donors (Lipinski definition) is 1. The molecule has 2 heterocycles. The molecule has 0 unspecified atom stereocenters. The van der Waals surface area contributed by atoms with Gasteiger partial charge < -0.3 is 4.90 Å². The Morgan fingerprint density at radius 2 is 2.04 bits per heavy atom. The van der Waals surface area contributed by atoms with Crippen LogP contribution in [-0.2, 0) is 10.0 Å². The number of sulfonamides is 1. The Kier molecular flexibility index (Phi) is 4.68. The van der Waals surface area contributed by atoms with Crippen LogP contribution in [0.15, 0.2) is 42.7 Å². The van der Waals surface area contributed by atoms with Crippen molar-refractivity contribution < 1.29 is 13.2 Å². The van der Waals surface area contributed by atoms with Crippen LogP contribution in [0.4, 0.5) is 0 Å². The van der Waals surface area contributed by atoms with Crippen molar-refractivity contribution in [2.75, 3.05) is 19.3 Å². The van der Waals surface area contributed by atoms with Crippen LogP contribution in [0.2, 0.25) is 0 Å². The number of amides is 1. The molecule has 1 aliphatic rings. The maximum Gasteiger partial charge on any atom is 0.253 e. The highest BCUT2D eigenvalue weighted by Crippen LogP contribution is 2.16. The molecule has 0 saturated carbocycles. The largest absolute Gasteiger partial charge is 0.337 e. The monoisotopic (exact) mass is 348 g/mol. The zero-order chi connectivity index (χ0) is 17.2. The Bertz CT molecular complexity index is 800. The van der Waals surface area contributed by atoms with Gasteiger partial charge in [-0.15, -0.1) is 0 Å². The molecule has 1 fully saturated rings. The van der Waals surface area contributed by atoms with E-state index >= 15 is 0 Å². The van der Waals surface area contributed by atoms with E-state index in [4.69, 9.17) is 0 Å². The maximum absolute atomic E-state index is 12.6. The maximum atomic E-state index is 12.6. The first-order chi connectivity index (χ1) is 11.4. The first-order valence-corrected chi connectivity index (χ1v) is 9.68. The highest BCUT2D eigenvalue weighted by atomic mass is 32.2. The van der Waals surface area contributed by atoms with Crippen molar-refractivity contribution in [3.8, 4) is 5.69 Å². The fourth-order valence-corrected chi connectivity index (χ4v) is 3.72. The van der Waals surface area contributed by atoms with Gasteiger partial charge in [-0.3, -0.25) is 4.79 Å². The lowest BCUT2D eigenvalue weighted by atomic mass is 10.1. The number of likely N-dealkylation sites (tertiary alicyclic amines) is 1. The quantitative estimate of drug-likeness (QED) is 0.894. The van der Waals surface area contributed by atoms with Crippen molar-refractivity contribution in [1.29, 1.82) is 0 Å². The molecule has 1 saturated heterocycles. The van der Waals surface area contributed by atoms with Gasteiger partial charge in [0, 0.05) is 37.1 Å². The number of nitrogens with one attached hydrogen (secondary N) is 1. The minimum atomic E-state index is -3.27. The molecule has 0 aliphatic carbocycles. The molecule has 0 spiro atoms. The topological polar surface area (TPSA) is 84.3 Å². The van der Waals surface area contributed by atoms with E-state index in [1.807, 2.05) is 24.4 Å². The second-order valence-corrected chi connectivity index (χ2v) is 7.76. The highest BCUT2D eigenvalue weighted by Gasteiger charge is 2.26. The fourth-order valence-electron chi connectivity index (χ4n) is 2.92. The third-order valence-corrected chi connectivity index (χ3v) is 4.73. The van der Waals surface area contributed by atoms with Gasteiger partial charge in [0.2, 0.25) is 10.0 Å². The van der Waals surface area contributed by atoms with Gasteiger partial charge in [-0.05, 0) is 43.2 Å². The zero-order valence-corrected chi connectivity index (χ0v) is 14.2. The van der Waals surface area contributed by atoms with Crippen molar-refractivity contribution in [3.63, 3.8) is 0 Å². The van der Waals surface area contributed by atoms with Crippen molar-refractivity contribution in [1.82, 2.24) is 19.4 Å². The molecule has 1 aromatic carbocycles. The average molecular weight is 348 g/mol. The van der Waals surface area contributed by atoms with E-state index in [1.165, 1.54) is 0 Å². The number of carbonyl (C=O) groups is 1. The van der Waals surface area contributed by atoms with Crippen LogP contribution in [0.3, 0.4) is 0 Å². The molecular formula is C16H20N4O3S. The number of hydrogen-bond acceptors (Lipinski definition) is 4. The first-order valence-electron chi connectivity index (χ1n) is 7.79. The lowest BCUT2D eigenvalue weighted by Gasteiger charge is -2.32. The van der Waals surface area contributed by atoms with Crippen LogP contribution in [0.5, 0.6) is 0 Å². The molecule has 1 amide bonds. The second kappa shape index (κ2) is 6.74. The smallest absolute Gasteiger partial charge is 0.253 e. The Balaban J connectivity index is 1.69. The van der Waals surface area contributed by atoms with E-state index in [0.717, 1.165) is 24.8 Å². The summed E-state index contributed by atoms with van der Waals surface area (Å²) in [5.74, 6) is -0.0815. The highest BCUT2D eigenvalue weighted by molar-refractivity contribution is 7.88. The van der Waals surface area contributed by atoms with Crippen LogP contribution >= 0.6 is 0 Å². The van der Waals surface area contributed by atoms with E-state index < -0.39 is 10.0 Å². The van der Waals surface area contributed by atoms with E-state index in [2.05, 4.69) is 9.82 Å². The summed E-state index contributed by atoms with van der Waals surface area (Å²) in [5.41, 5.74) is 1.47. The Labute approximate surface area is 141 Å². The molecule has 8 heteroatoms. The summed E-state index contributed by atoms with van der Waals surface area (Å²) < 4.78 is 27.1. The van der Waals surface area contributed by atoms with Gasteiger partial charge in [-0.1, -0.05) is 0 Å². The second-order valence-electron chi connectivity index (χ2n) is 5.98. The summed E-state index contributed by atoms with van der Waals surface area (Å²) in [6, 6.07) is 8.84. The van der Waals surface area contributed by atoms with Gasteiger partial charge in [0.15, 0.2) is 0 Å². The third kappa shape index (κ3) is 4.01. The molecule has 1 atom stereocenters. The van der Waals surface area contributed by atoms with Gasteiger partial charge in [-0.2, -0.15) is 5.10 Å². The minimum Gasteiger partial charge on any atom is -0.337 e. The summed E-state index contributed by atoms with van der Waals surface area (Å²) in [7, 11) is -3.27. The summed E-state index contributed by atoms with van der Waals surface area (Å²) in [6.45, 7) is 1.04. The third-order valence-electron chi connectivity index (χ3n) is 3.97. The molecule has 1 N–H and O–H groups in total. The van der Waals surface area contributed by atoms with Crippen LogP contribution in [-0.4, -0.2) is 54.4 Å². The van der Waals surface area contributed by atoms with Crippen molar-refractivity contribution in [3.05, 3.63) is 48.3 Å². The normalized spacial score (nSPS) is 18.5. The minimum absolute atomic E-state index is 0.0815. The Morgan fingerprint density at radius 1 is 1.29 bits per heavy atom. The molecule has 0 radical (unpaired) electrons. The number of benzene rings is 1. The zero-order valence-electron chi connectivity index (χ0n) is 13.4. The van der Waals surface area contributed by atoms with Gasteiger partial charge in [0.05, 0.1) is 11.9 Å². The lowest BCUT2D eigenvalue weighted by molar-refractivity contribution is 0.0703. The molecule has 3 rings (SSSR count).